The van der Waals surface area contributed by atoms with Gasteiger partial charge in [-0.25, -0.2) is 0 Å². The van der Waals surface area contributed by atoms with Crippen molar-refractivity contribution in [3.63, 3.8) is 0 Å². The van der Waals surface area contributed by atoms with Crippen LogP contribution < -0.4 is 5.32 Å². The third kappa shape index (κ3) is 2.35. The van der Waals surface area contributed by atoms with Crippen molar-refractivity contribution in [3.8, 4) is 0 Å². The van der Waals surface area contributed by atoms with Crippen LogP contribution in [-0.2, 0) is 0 Å². The Balaban J connectivity index is 2.61. The summed E-state index contributed by atoms with van der Waals surface area (Å²) in [5, 5.41) is 3.24. The van der Waals surface area contributed by atoms with Crippen molar-refractivity contribution in [1.29, 1.82) is 0 Å². The lowest BCUT2D eigenvalue weighted by molar-refractivity contribution is 0.648. The van der Waals surface area contributed by atoms with E-state index in [0.717, 1.165) is 0 Å². The van der Waals surface area contributed by atoms with Gasteiger partial charge in [0.25, 0.3) is 0 Å². The molecular formula is C10H14N. The van der Waals surface area contributed by atoms with Gasteiger partial charge in [0.1, 0.15) is 0 Å². The monoisotopic (exact) mass is 148 g/mol. The largest absolute Gasteiger partial charge is 0.306 e. The highest BCUT2D eigenvalue weighted by atomic mass is 14.9. The lowest BCUT2D eigenvalue weighted by Crippen LogP contribution is -2.13. The molecule has 0 aliphatic heterocycles. The van der Waals surface area contributed by atoms with Gasteiger partial charge in [0, 0.05) is 12.6 Å². The Morgan fingerprint density at radius 2 is 1.91 bits per heavy atom. The van der Waals surface area contributed by atoms with Crippen LogP contribution in [0.3, 0.4) is 0 Å². The maximum Gasteiger partial charge on any atom is 0.0294 e. The molecule has 0 aromatic heterocycles. The van der Waals surface area contributed by atoms with E-state index >= 15 is 0 Å². The molecule has 1 aromatic rings. The first-order valence-corrected chi connectivity index (χ1v) is 3.93. The van der Waals surface area contributed by atoms with E-state index in [1.54, 1.807) is 0 Å². The van der Waals surface area contributed by atoms with Gasteiger partial charge in [-0.15, -0.1) is 0 Å². The molecule has 1 unspecified atom stereocenters. The van der Waals surface area contributed by atoms with Crippen molar-refractivity contribution < 1.29 is 0 Å². The Labute approximate surface area is 68.4 Å². The molecule has 0 aliphatic rings. The maximum atomic E-state index is 3.24. The summed E-state index contributed by atoms with van der Waals surface area (Å²) in [5.74, 6) is 0. The van der Waals surface area contributed by atoms with Crippen LogP contribution in [-0.4, -0.2) is 0 Å². The van der Waals surface area contributed by atoms with Crippen molar-refractivity contribution >= 4 is 0 Å². The van der Waals surface area contributed by atoms with Crippen LogP contribution in [0, 0.1) is 6.54 Å². The van der Waals surface area contributed by atoms with Crippen LogP contribution in [0.25, 0.3) is 0 Å². The normalized spacial score (nSPS) is 12.9. The zero-order valence-electron chi connectivity index (χ0n) is 7.04. The van der Waals surface area contributed by atoms with E-state index in [2.05, 4.69) is 36.5 Å². The molecule has 0 amide bonds. The first-order valence-electron chi connectivity index (χ1n) is 3.93. The van der Waals surface area contributed by atoms with Gasteiger partial charge < -0.3 is 5.32 Å². The van der Waals surface area contributed by atoms with Crippen molar-refractivity contribution in [2.24, 2.45) is 0 Å². The summed E-state index contributed by atoms with van der Waals surface area (Å²) >= 11 is 0. The number of nitrogens with one attached hydrogen (secondary N) is 1. The Hall–Kier alpha value is -0.820. The lowest BCUT2D eigenvalue weighted by Gasteiger charge is -2.11. The average molecular weight is 148 g/mol. The van der Waals surface area contributed by atoms with Gasteiger partial charge in [0.05, 0.1) is 0 Å². The van der Waals surface area contributed by atoms with Gasteiger partial charge in [-0.2, -0.15) is 0 Å². The Morgan fingerprint density at radius 3 is 2.45 bits per heavy atom. The highest BCUT2D eigenvalue weighted by Gasteiger charge is 2.00. The van der Waals surface area contributed by atoms with Crippen LogP contribution in [0.4, 0.5) is 0 Å². The summed E-state index contributed by atoms with van der Waals surface area (Å²) in [6, 6.07) is 10.8. The van der Waals surface area contributed by atoms with Crippen LogP contribution in [0.5, 0.6) is 0 Å². The summed E-state index contributed by atoms with van der Waals surface area (Å²) in [4.78, 5) is 0. The molecular weight excluding hydrogens is 134 g/mol. The van der Waals surface area contributed by atoms with Gasteiger partial charge >= 0.3 is 0 Å². The van der Waals surface area contributed by atoms with Gasteiger partial charge in [-0.05, 0) is 19.4 Å². The quantitative estimate of drug-likeness (QED) is 0.694. The molecule has 1 atom stereocenters. The molecule has 1 heteroatoms. The van der Waals surface area contributed by atoms with E-state index < -0.39 is 0 Å². The molecule has 59 valence electrons. The summed E-state index contributed by atoms with van der Waals surface area (Å²) in [6.07, 6.45) is 0. The predicted molar refractivity (Wildman–Crippen MR) is 48.0 cm³/mol. The van der Waals surface area contributed by atoms with E-state index in [-0.39, 0.29) is 0 Å². The molecule has 0 heterocycles. The first kappa shape index (κ1) is 8.28. The van der Waals surface area contributed by atoms with E-state index in [0.29, 0.717) is 6.04 Å². The number of hydrogen-bond acceptors (Lipinski definition) is 1. The summed E-state index contributed by atoms with van der Waals surface area (Å²) in [6.45, 7) is 6.12. The second-order valence-electron chi connectivity index (χ2n) is 2.59. The van der Waals surface area contributed by atoms with Gasteiger partial charge in [-0.1, -0.05) is 30.3 Å². The fourth-order valence-corrected chi connectivity index (χ4v) is 1.09. The van der Waals surface area contributed by atoms with Crippen molar-refractivity contribution in [3.05, 3.63) is 42.4 Å². The van der Waals surface area contributed by atoms with E-state index in [1.807, 2.05) is 19.5 Å². The fraction of sp³-hybridized carbons (Fsp3) is 0.300. The standard InChI is InChI=1S/C10H14N/c1-3-11-9(2)10-7-5-4-6-8-10/h3-9,11H,1-2H3. The number of rotatable bonds is 3. The number of hydrogen-bond donors (Lipinski definition) is 1. The minimum atomic E-state index is 0.418. The Morgan fingerprint density at radius 1 is 1.27 bits per heavy atom. The molecule has 0 bridgehead atoms. The molecule has 1 radical (unpaired) electrons. The third-order valence-corrected chi connectivity index (χ3v) is 1.72. The average Bonchev–Trinajstić information content (AvgIpc) is 2.07. The summed E-state index contributed by atoms with van der Waals surface area (Å²) < 4.78 is 0. The third-order valence-electron chi connectivity index (χ3n) is 1.72. The predicted octanol–water partition coefficient (Wildman–Crippen LogP) is 2.52. The fourth-order valence-electron chi connectivity index (χ4n) is 1.09. The summed E-state index contributed by atoms with van der Waals surface area (Å²) in [7, 11) is 0. The first-order chi connectivity index (χ1) is 5.34. The summed E-state index contributed by atoms with van der Waals surface area (Å²) in [5.41, 5.74) is 1.32. The second-order valence-corrected chi connectivity index (χ2v) is 2.59. The molecule has 0 spiro atoms. The molecule has 1 aromatic carbocycles. The van der Waals surface area contributed by atoms with E-state index in [9.17, 15) is 0 Å². The van der Waals surface area contributed by atoms with Crippen molar-refractivity contribution in [1.82, 2.24) is 5.32 Å². The van der Waals surface area contributed by atoms with Crippen LogP contribution in [0.1, 0.15) is 25.5 Å². The van der Waals surface area contributed by atoms with E-state index in [4.69, 9.17) is 0 Å². The van der Waals surface area contributed by atoms with Crippen molar-refractivity contribution in [2.75, 3.05) is 0 Å². The minimum Gasteiger partial charge on any atom is -0.306 e. The molecule has 1 N–H and O–H groups in total. The van der Waals surface area contributed by atoms with Crippen LogP contribution in [0.15, 0.2) is 30.3 Å². The molecule has 1 nitrogen and oxygen atoms in total. The van der Waals surface area contributed by atoms with Crippen LogP contribution in [0.2, 0.25) is 0 Å². The second kappa shape index (κ2) is 4.14. The lowest BCUT2D eigenvalue weighted by atomic mass is 10.1. The highest BCUT2D eigenvalue weighted by molar-refractivity contribution is 5.18. The van der Waals surface area contributed by atoms with Gasteiger partial charge in [-0.3, -0.25) is 0 Å². The van der Waals surface area contributed by atoms with Crippen molar-refractivity contribution in [2.45, 2.75) is 19.9 Å². The molecule has 0 aliphatic carbocycles. The smallest absolute Gasteiger partial charge is 0.0294 e. The zero-order chi connectivity index (χ0) is 8.10. The van der Waals surface area contributed by atoms with E-state index in [1.165, 1.54) is 5.56 Å². The van der Waals surface area contributed by atoms with Crippen LogP contribution >= 0.6 is 0 Å². The SMILES string of the molecule is C[CH]NC(C)c1ccccc1. The molecule has 0 fully saturated rings. The zero-order valence-corrected chi connectivity index (χ0v) is 7.04. The molecule has 11 heavy (non-hydrogen) atoms. The Bertz CT molecular complexity index is 193. The maximum absolute atomic E-state index is 3.24. The topological polar surface area (TPSA) is 12.0 Å². The number of benzene rings is 1. The minimum absolute atomic E-state index is 0.418. The van der Waals surface area contributed by atoms with Gasteiger partial charge in [0.15, 0.2) is 0 Å². The molecule has 1 rings (SSSR count). The Kier molecular flexibility index (Phi) is 3.12. The highest BCUT2D eigenvalue weighted by Crippen LogP contribution is 2.10. The molecule has 0 saturated carbocycles. The van der Waals surface area contributed by atoms with Gasteiger partial charge in [0.2, 0.25) is 0 Å². The molecule has 0 saturated heterocycles.